The number of amides is 1. The predicted octanol–water partition coefficient (Wildman–Crippen LogP) is 2.24. The maximum atomic E-state index is 11.6. The van der Waals surface area contributed by atoms with Gasteiger partial charge in [0.05, 0.1) is 13.1 Å². The number of hydrogen-bond acceptors (Lipinski definition) is 3. The highest BCUT2D eigenvalue weighted by Crippen LogP contribution is 2.30. The first-order chi connectivity index (χ1) is 8.69. The summed E-state index contributed by atoms with van der Waals surface area (Å²) in [5, 5.41) is 6.17. The maximum absolute atomic E-state index is 11.6. The van der Waals surface area contributed by atoms with Gasteiger partial charge in [-0.25, -0.2) is 0 Å². The first-order valence-electron chi connectivity index (χ1n) is 6.79. The molecular formula is C14H22N2OS. The van der Waals surface area contributed by atoms with E-state index in [1.54, 1.807) is 0 Å². The summed E-state index contributed by atoms with van der Waals surface area (Å²) in [6, 6.07) is 2.66. The third kappa shape index (κ3) is 3.56. The summed E-state index contributed by atoms with van der Waals surface area (Å²) in [6.45, 7) is 5.30. The highest BCUT2D eigenvalue weighted by atomic mass is 32.1. The number of thiophene rings is 1. The molecule has 2 rings (SSSR count). The maximum Gasteiger partial charge on any atom is 0.234 e. The quantitative estimate of drug-likeness (QED) is 0.829. The van der Waals surface area contributed by atoms with Crippen LogP contribution in [-0.4, -0.2) is 18.5 Å². The topological polar surface area (TPSA) is 41.1 Å². The van der Waals surface area contributed by atoms with Gasteiger partial charge >= 0.3 is 0 Å². The summed E-state index contributed by atoms with van der Waals surface area (Å²) in [7, 11) is 0. The molecule has 1 atom stereocenters. The first-order valence-corrected chi connectivity index (χ1v) is 7.61. The van der Waals surface area contributed by atoms with Crippen LogP contribution in [0, 0.1) is 0 Å². The van der Waals surface area contributed by atoms with Gasteiger partial charge in [0.15, 0.2) is 0 Å². The minimum Gasteiger partial charge on any atom is -0.350 e. The van der Waals surface area contributed by atoms with Crippen LogP contribution in [0.5, 0.6) is 0 Å². The lowest BCUT2D eigenvalue weighted by molar-refractivity contribution is -0.120. The Labute approximate surface area is 113 Å². The van der Waals surface area contributed by atoms with E-state index in [-0.39, 0.29) is 5.91 Å². The van der Waals surface area contributed by atoms with E-state index in [1.807, 2.05) is 11.3 Å². The largest absolute Gasteiger partial charge is 0.350 e. The van der Waals surface area contributed by atoms with Crippen LogP contribution < -0.4 is 10.6 Å². The van der Waals surface area contributed by atoms with Gasteiger partial charge in [-0.1, -0.05) is 6.92 Å². The average molecular weight is 266 g/mol. The van der Waals surface area contributed by atoms with Crippen LogP contribution in [0.15, 0.2) is 6.07 Å². The minimum atomic E-state index is 0.0869. The number of aryl methyl sites for hydroxylation is 2. The van der Waals surface area contributed by atoms with E-state index < -0.39 is 0 Å². The van der Waals surface area contributed by atoms with E-state index in [0.29, 0.717) is 19.1 Å². The summed E-state index contributed by atoms with van der Waals surface area (Å²) in [6.07, 6.45) is 4.79. The molecule has 4 heteroatoms. The van der Waals surface area contributed by atoms with Gasteiger partial charge < -0.3 is 10.6 Å². The van der Waals surface area contributed by atoms with Crippen LogP contribution in [0.2, 0.25) is 0 Å². The molecule has 3 nitrogen and oxygen atoms in total. The number of carbonyl (C=O) groups excluding carboxylic acids is 1. The summed E-state index contributed by atoms with van der Waals surface area (Å²) >= 11 is 1.86. The summed E-state index contributed by atoms with van der Waals surface area (Å²) < 4.78 is 0. The van der Waals surface area contributed by atoms with E-state index in [2.05, 4.69) is 30.5 Å². The zero-order valence-electron chi connectivity index (χ0n) is 11.2. The Balaban J connectivity index is 1.72. The van der Waals surface area contributed by atoms with Crippen molar-refractivity contribution in [3.8, 4) is 0 Å². The Morgan fingerprint density at radius 3 is 3.06 bits per heavy atom. The highest BCUT2D eigenvalue weighted by Gasteiger charge is 2.14. The fourth-order valence-electron chi connectivity index (χ4n) is 2.14. The van der Waals surface area contributed by atoms with Crippen molar-refractivity contribution in [1.82, 2.24) is 10.6 Å². The Hall–Kier alpha value is -0.870. The van der Waals surface area contributed by atoms with Gasteiger partial charge in [-0.3, -0.25) is 4.79 Å². The van der Waals surface area contributed by atoms with Crippen molar-refractivity contribution in [2.75, 3.05) is 6.54 Å². The van der Waals surface area contributed by atoms with Gasteiger partial charge in [-0.15, -0.1) is 11.3 Å². The zero-order chi connectivity index (χ0) is 13.0. The second-order valence-electron chi connectivity index (χ2n) is 4.98. The van der Waals surface area contributed by atoms with E-state index in [4.69, 9.17) is 0 Å². The van der Waals surface area contributed by atoms with E-state index in [9.17, 15) is 4.79 Å². The Kier molecular flexibility index (Phi) is 4.78. The Morgan fingerprint density at radius 2 is 2.33 bits per heavy atom. The normalized spacial score (nSPS) is 15.4. The zero-order valence-corrected chi connectivity index (χ0v) is 12.0. The molecule has 0 fully saturated rings. The number of carbonyl (C=O) groups is 1. The van der Waals surface area contributed by atoms with Crippen molar-refractivity contribution in [1.29, 1.82) is 0 Å². The molecule has 18 heavy (non-hydrogen) atoms. The average Bonchev–Trinajstić information content (AvgIpc) is 2.93. The van der Waals surface area contributed by atoms with Crippen LogP contribution in [0.4, 0.5) is 0 Å². The van der Waals surface area contributed by atoms with E-state index in [0.717, 1.165) is 6.42 Å². The lowest BCUT2D eigenvalue weighted by Crippen LogP contribution is -2.37. The molecule has 2 N–H and O–H groups in total. The molecule has 0 radical (unpaired) electrons. The summed E-state index contributed by atoms with van der Waals surface area (Å²) in [4.78, 5) is 14.5. The summed E-state index contributed by atoms with van der Waals surface area (Å²) in [5.74, 6) is 0.0869. The number of nitrogens with one attached hydrogen (secondary N) is 2. The monoisotopic (exact) mass is 266 g/mol. The van der Waals surface area contributed by atoms with Crippen molar-refractivity contribution in [2.24, 2.45) is 0 Å². The van der Waals surface area contributed by atoms with Crippen molar-refractivity contribution in [3.05, 3.63) is 21.4 Å². The molecule has 0 bridgehead atoms. The molecule has 0 saturated heterocycles. The van der Waals surface area contributed by atoms with Gasteiger partial charge in [0.25, 0.3) is 0 Å². The third-order valence-electron chi connectivity index (χ3n) is 3.48. The molecule has 0 spiro atoms. The predicted molar refractivity (Wildman–Crippen MR) is 75.9 cm³/mol. The second kappa shape index (κ2) is 6.34. The molecule has 0 saturated carbocycles. The van der Waals surface area contributed by atoms with Crippen molar-refractivity contribution in [2.45, 2.75) is 52.1 Å². The van der Waals surface area contributed by atoms with Crippen molar-refractivity contribution >= 4 is 17.2 Å². The first kappa shape index (κ1) is 13.6. The number of hydrogen-bond donors (Lipinski definition) is 2. The van der Waals surface area contributed by atoms with E-state index >= 15 is 0 Å². The van der Waals surface area contributed by atoms with Crippen molar-refractivity contribution in [3.63, 3.8) is 0 Å². The SMILES string of the molecule is CCC(C)NCC(=O)NCc1cc2c(s1)CCC2. The lowest BCUT2D eigenvalue weighted by atomic mass is 10.2. The molecule has 1 aliphatic rings. The van der Waals surface area contributed by atoms with Crippen molar-refractivity contribution < 1.29 is 4.79 Å². The standard InChI is InChI=1S/C14H22N2OS/c1-3-10(2)15-9-14(17)16-8-12-7-11-5-4-6-13(11)18-12/h7,10,15H,3-6,8-9H2,1-2H3,(H,16,17). The fraction of sp³-hybridized carbons (Fsp3) is 0.643. The smallest absolute Gasteiger partial charge is 0.234 e. The van der Waals surface area contributed by atoms with Gasteiger partial charge in [-0.2, -0.15) is 0 Å². The molecule has 0 aliphatic heterocycles. The molecule has 1 amide bonds. The van der Waals surface area contributed by atoms with Crippen LogP contribution >= 0.6 is 11.3 Å². The molecule has 1 heterocycles. The van der Waals surface area contributed by atoms with Gasteiger partial charge in [0.1, 0.15) is 0 Å². The van der Waals surface area contributed by atoms with Crippen LogP contribution in [0.25, 0.3) is 0 Å². The highest BCUT2D eigenvalue weighted by molar-refractivity contribution is 7.12. The van der Waals surface area contributed by atoms with E-state index in [1.165, 1.54) is 34.6 Å². The number of fused-ring (bicyclic) bond motifs is 1. The Bertz CT molecular complexity index is 392. The molecule has 1 aliphatic carbocycles. The molecule has 1 aromatic rings. The Morgan fingerprint density at radius 1 is 1.50 bits per heavy atom. The minimum absolute atomic E-state index is 0.0869. The third-order valence-corrected chi connectivity index (χ3v) is 4.72. The molecule has 1 unspecified atom stereocenters. The van der Waals surface area contributed by atoms with Gasteiger partial charge in [0, 0.05) is 15.8 Å². The van der Waals surface area contributed by atoms with Gasteiger partial charge in [0.2, 0.25) is 5.91 Å². The molecule has 0 aromatic carbocycles. The van der Waals surface area contributed by atoms with Crippen LogP contribution in [0.1, 0.15) is 42.0 Å². The number of rotatable bonds is 6. The summed E-state index contributed by atoms with van der Waals surface area (Å²) in [5.41, 5.74) is 1.50. The molecular weight excluding hydrogens is 244 g/mol. The fourth-order valence-corrected chi connectivity index (χ4v) is 3.34. The van der Waals surface area contributed by atoms with Crippen LogP contribution in [-0.2, 0) is 24.2 Å². The van der Waals surface area contributed by atoms with Gasteiger partial charge in [-0.05, 0) is 44.2 Å². The molecule has 100 valence electrons. The second-order valence-corrected chi connectivity index (χ2v) is 6.20. The molecule has 1 aromatic heterocycles. The van der Waals surface area contributed by atoms with Crippen LogP contribution in [0.3, 0.4) is 0 Å². The lowest BCUT2D eigenvalue weighted by Gasteiger charge is -2.10.